The lowest BCUT2D eigenvalue weighted by molar-refractivity contribution is 0.0681. The van der Waals surface area contributed by atoms with Crippen LogP contribution in [0.25, 0.3) is 0 Å². The lowest BCUT2D eigenvalue weighted by atomic mass is 9.93. The van der Waals surface area contributed by atoms with Crippen LogP contribution in [0.1, 0.15) is 61.7 Å². The SMILES string of the molecule is CO[C@H]1CC[C@H](Nc2ncc(C(N)=O)c(N[C@@H]3CCC[C@H](O)C3)n2)CC1. The molecule has 3 rings (SSSR count). The molecule has 0 spiro atoms. The number of carbonyl (C=O) groups is 1. The number of nitrogens with one attached hydrogen (secondary N) is 2. The van der Waals surface area contributed by atoms with Gasteiger partial charge in [-0.05, 0) is 51.4 Å². The Morgan fingerprint density at radius 2 is 1.96 bits per heavy atom. The van der Waals surface area contributed by atoms with Gasteiger partial charge in [0.15, 0.2) is 0 Å². The fourth-order valence-electron chi connectivity index (χ4n) is 3.86. The zero-order valence-corrected chi connectivity index (χ0v) is 15.3. The van der Waals surface area contributed by atoms with Crippen molar-refractivity contribution in [1.82, 2.24) is 9.97 Å². The van der Waals surface area contributed by atoms with E-state index in [-0.39, 0.29) is 17.7 Å². The minimum atomic E-state index is -0.559. The number of aromatic nitrogens is 2. The molecule has 2 saturated carbocycles. The summed E-state index contributed by atoms with van der Waals surface area (Å²) in [6, 6.07) is 0.377. The van der Waals surface area contributed by atoms with Crippen molar-refractivity contribution in [3.8, 4) is 0 Å². The first-order valence-corrected chi connectivity index (χ1v) is 9.46. The number of carbonyl (C=O) groups excluding carboxylic acids is 1. The quantitative estimate of drug-likeness (QED) is 0.606. The second-order valence-corrected chi connectivity index (χ2v) is 7.34. The number of rotatable bonds is 6. The molecule has 1 amide bonds. The molecular weight excluding hydrogens is 334 g/mol. The summed E-state index contributed by atoms with van der Waals surface area (Å²) in [5.74, 6) is 0.380. The van der Waals surface area contributed by atoms with Gasteiger partial charge in [0.2, 0.25) is 5.95 Å². The van der Waals surface area contributed by atoms with Crippen LogP contribution in [0.2, 0.25) is 0 Å². The summed E-state index contributed by atoms with van der Waals surface area (Å²) in [5.41, 5.74) is 5.75. The van der Waals surface area contributed by atoms with Crippen molar-refractivity contribution < 1.29 is 14.6 Å². The predicted molar refractivity (Wildman–Crippen MR) is 99.1 cm³/mol. The molecule has 1 aromatic rings. The smallest absolute Gasteiger partial charge is 0.254 e. The van der Waals surface area contributed by atoms with Crippen LogP contribution in [0.15, 0.2) is 6.20 Å². The summed E-state index contributed by atoms with van der Waals surface area (Å²) in [7, 11) is 1.75. The lowest BCUT2D eigenvalue weighted by Crippen LogP contribution is -2.32. The molecule has 2 atom stereocenters. The first-order valence-electron chi connectivity index (χ1n) is 9.46. The molecule has 0 bridgehead atoms. The number of hydrogen-bond donors (Lipinski definition) is 4. The topological polar surface area (TPSA) is 122 Å². The maximum Gasteiger partial charge on any atom is 0.254 e. The van der Waals surface area contributed by atoms with Crippen LogP contribution >= 0.6 is 0 Å². The zero-order chi connectivity index (χ0) is 18.5. The molecule has 144 valence electrons. The lowest BCUT2D eigenvalue weighted by Gasteiger charge is -2.29. The van der Waals surface area contributed by atoms with Crippen molar-refractivity contribution in [3.63, 3.8) is 0 Å². The van der Waals surface area contributed by atoms with Gasteiger partial charge in [-0.2, -0.15) is 4.98 Å². The first kappa shape index (κ1) is 18.8. The Bertz CT molecular complexity index is 619. The van der Waals surface area contributed by atoms with Crippen LogP contribution in [-0.4, -0.2) is 52.4 Å². The molecule has 2 fully saturated rings. The Morgan fingerprint density at radius 1 is 1.19 bits per heavy atom. The Balaban J connectivity index is 1.68. The van der Waals surface area contributed by atoms with E-state index in [1.165, 1.54) is 6.20 Å². The van der Waals surface area contributed by atoms with Crippen LogP contribution < -0.4 is 16.4 Å². The van der Waals surface area contributed by atoms with Gasteiger partial charge in [0.05, 0.1) is 17.8 Å². The minimum Gasteiger partial charge on any atom is -0.393 e. The molecule has 8 nitrogen and oxygen atoms in total. The summed E-state index contributed by atoms with van der Waals surface area (Å²) in [6.45, 7) is 0. The molecule has 8 heteroatoms. The predicted octanol–water partition coefficient (Wildman–Crippen LogP) is 1.66. The van der Waals surface area contributed by atoms with Gasteiger partial charge >= 0.3 is 0 Å². The first-order chi connectivity index (χ1) is 12.5. The fraction of sp³-hybridized carbons (Fsp3) is 0.722. The van der Waals surface area contributed by atoms with Crippen LogP contribution in [0, 0.1) is 0 Å². The Labute approximate surface area is 153 Å². The van der Waals surface area contributed by atoms with E-state index in [9.17, 15) is 9.90 Å². The third-order valence-corrected chi connectivity index (χ3v) is 5.38. The second-order valence-electron chi connectivity index (χ2n) is 7.34. The van der Waals surface area contributed by atoms with Crippen LogP contribution in [-0.2, 0) is 4.74 Å². The highest BCUT2D eigenvalue weighted by Crippen LogP contribution is 2.25. The van der Waals surface area contributed by atoms with E-state index in [1.807, 2.05) is 0 Å². The maximum absolute atomic E-state index is 11.7. The van der Waals surface area contributed by atoms with Gasteiger partial charge in [0, 0.05) is 25.4 Å². The van der Waals surface area contributed by atoms with Crippen molar-refractivity contribution >= 4 is 17.7 Å². The third-order valence-electron chi connectivity index (χ3n) is 5.38. The average molecular weight is 363 g/mol. The van der Waals surface area contributed by atoms with Gasteiger partial charge in [-0.25, -0.2) is 4.98 Å². The minimum absolute atomic E-state index is 0.0803. The van der Waals surface area contributed by atoms with Gasteiger partial charge in [0.25, 0.3) is 5.91 Å². The van der Waals surface area contributed by atoms with E-state index in [0.29, 0.717) is 30.3 Å². The number of nitrogens with two attached hydrogens (primary N) is 1. The summed E-state index contributed by atoms with van der Waals surface area (Å²) in [4.78, 5) is 20.5. The van der Waals surface area contributed by atoms with Gasteiger partial charge in [-0.3, -0.25) is 4.79 Å². The Morgan fingerprint density at radius 3 is 2.62 bits per heavy atom. The highest BCUT2D eigenvalue weighted by atomic mass is 16.5. The molecule has 2 aliphatic rings. The third kappa shape index (κ3) is 4.82. The normalized spacial score (nSPS) is 29.2. The van der Waals surface area contributed by atoms with E-state index in [0.717, 1.165) is 44.9 Å². The molecule has 26 heavy (non-hydrogen) atoms. The van der Waals surface area contributed by atoms with Crippen molar-refractivity contribution in [2.75, 3.05) is 17.7 Å². The number of nitrogens with zero attached hydrogens (tertiary/aromatic N) is 2. The number of hydrogen-bond acceptors (Lipinski definition) is 7. The highest BCUT2D eigenvalue weighted by Gasteiger charge is 2.24. The van der Waals surface area contributed by atoms with E-state index in [2.05, 4.69) is 20.6 Å². The van der Waals surface area contributed by atoms with Gasteiger partial charge in [-0.1, -0.05) is 0 Å². The number of ether oxygens (including phenoxy) is 1. The molecule has 0 aliphatic heterocycles. The molecule has 0 aromatic carbocycles. The Kier molecular flexibility index (Phi) is 6.26. The molecule has 5 N–H and O–H groups in total. The largest absolute Gasteiger partial charge is 0.393 e. The molecular formula is C18H29N5O3. The van der Waals surface area contributed by atoms with E-state index >= 15 is 0 Å². The summed E-state index contributed by atoms with van der Waals surface area (Å²) >= 11 is 0. The average Bonchev–Trinajstić information content (AvgIpc) is 2.62. The number of aliphatic hydroxyl groups excluding tert-OH is 1. The van der Waals surface area contributed by atoms with Crippen molar-refractivity contribution in [2.24, 2.45) is 5.73 Å². The van der Waals surface area contributed by atoms with Crippen LogP contribution in [0.5, 0.6) is 0 Å². The van der Waals surface area contributed by atoms with Crippen molar-refractivity contribution in [1.29, 1.82) is 0 Å². The fourth-order valence-corrected chi connectivity index (χ4v) is 3.86. The summed E-state index contributed by atoms with van der Waals surface area (Å²) in [6.07, 6.45) is 8.86. The van der Waals surface area contributed by atoms with E-state index in [4.69, 9.17) is 10.5 Å². The van der Waals surface area contributed by atoms with Crippen LogP contribution in [0.4, 0.5) is 11.8 Å². The Hall–Kier alpha value is -1.93. The molecule has 0 radical (unpaired) electrons. The van der Waals surface area contributed by atoms with E-state index < -0.39 is 5.91 Å². The van der Waals surface area contributed by atoms with Crippen molar-refractivity contribution in [3.05, 3.63) is 11.8 Å². The summed E-state index contributed by atoms with van der Waals surface area (Å²) in [5, 5.41) is 16.5. The van der Waals surface area contributed by atoms with Gasteiger partial charge in [0.1, 0.15) is 5.82 Å². The summed E-state index contributed by atoms with van der Waals surface area (Å²) < 4.78 is 5.40. The number of aliphatic hydroxyl groups is 1. The number of primary amides is 1. The zero-order valence-electron chi connectivity index (χ0n) is 15.3. The maximum atomic E-state index is 11.7. The molecule has 0 unspecified atom stereocenters. The van der Waals surface area contributed by atoms with E-state index in [1.54, 1.807) is 7.11 Å². The molecule has 1 aromatic heterocycles. The van der Waals surface area contributed by atoms with Gasteiger partial charge in [-0.15, -0.1) is 0 Å². The molecule has 2 aliphatic carbocycles. The second kappa shape index (κ2) is 8.64. The monoisotopic (exact) mass is 363 g/mol. The van der Waals surface area contributed by atoms with Crippen molar-refractivity contribution in [2.45, 2.75) is 75.7 Å². The standard InChI is InChI=1S/C18H29N5O3/c1-26-14-7-5-11(6-8-14)22-18-20-10-15(16(19)25)17(23-18)21-12-3-2-4-13(24)9-12/h10-14,24H,2-9H2,1H3,(H2,19,25)(H2,20,21,22,23)/t11-,12-,13+,14-/m1/s1. The number of anilines is 2. The van der Waals surface area contributed by atoms with Crippen LogP contribution in [0.3, 0.4) is 0 Å². The number of methoxy groups -OCH3 is 1. The number of amides is 1. The van der Waals surface area contributed by atoms with Gasteiger partial charge < -0.3 is 26.2 Å². The molecule has 1 heterocycles. The highest BCUT2D eigenvalue weighted by molar-refractivity contribution is 5.97. The molecule has 0 saturated heterocycles.